The highest BCUT2D eigenvalue weighted by Gasteiger charge is 2.32. The molecule has 4 aromatic rings. The van der Waals surface area contributed by atoms with Crippen LogP contribution in [0, 0.1) is 0 Å². The molecule has 5 heterocycles. The monoisotopic (exact) mass is 394 g/mol. The predicted molar refractivity (Wildman–Crippen MR) is 103 cm³/mol. The second-order valence-corrected chi connectivity index (χ2v) is 8.84. The van der Waals surface area contributed by atoms with Crippen LogP contribution in [0.5, 0.6) is 5.75 Å². The fraction of sp³-hybridized carbons (Fsp3) is 0.350. The highest BCUT2D eigenvalue weighted by Crippen LogP contribution is 2.40. The van der Waals surface area contributed by atoms with Crippen molar-refractivity contribution in [2.75, 3.05) is 0 Å². The maximum atomic E-state index is 5.99. The van der Waals surface area contributed by atoms with Crippen LogP contribution in [0.25, 0.3) is 15.9 Å². The van der Waals surface area contributed by atoms with E-state index in [2.05, 4.69) is 23.9 Å². The number of hydrogen-bond acceptors (Lipinski definition) is 7. The average molecular weight is 394 g/mol. The van der Waals surface area contributed by atoms with Crippen LogP contribution in [-0.2, 0) is 29.1 Å². The second-order valence-electron chi connectivity index (χ2n) is 7.76. The normalized spacial score (nSPS) is 20.7. The number of fused-ring (bicyclic) bond motifs is 6. The van der Waals surface area contributed by atoms with Crippen LogP contribution in [0.1, 0.15) is 42.0 Å². The van der Waals surface area contributed by atoms with Crippen molar-refractivity contribution in [3.63, 3.8) is 0 Å². The van der Waals surface area contributed by atoms with Gasteiger partial charge in [0.1, 0.15) is 16.9 Å². The van der Waals surface area contributed by atoms with Crippen molar-refractivity contribution in [3.8, 4) is 5.75 Å². The molecule has 0 radical (unpaired) electrons. The van der Waals surface area contributed by atoms with Gasteiger partial charge in [0, 0.05) is 16.9 Å². The van der Waals surface area contributed by atoms with Gasteiger partial charge in [-0.05, 0) is 25.5 Å². The molecule has 8 heteroatoms. The fourth-order valence-corrected chi connectivity index (χ4v) is 4.90. The molecule has 2 aliphatic heterocycles. The number of rotatable bonds is 1. The van der Waals surface area contributed by atoms with Gasteiger partial charge in [0.15, 0.2) is 5.65 Å². The zero-order valence-electron chi connectivity index (χ0n) is 15.5. The molecule has 0 unspecified atom stereocenters. The third kappa shape index (κ3) is 2.45. The van der Waals surface area contributed by atoms with Crippen LogP contribution in [-0.4, -0.2) is 25.2 Å². The quantitative estimate of drug-likeness (QED) is 0.489. The Labute approximate surface area is 164 Å². The Hall–Kier alpha value is -2.55. The first-order valence-electron chi connectivity index (χ1n) is 9.23. The van der Waals surface area contributed by atoms with Crippen LogP contribution in [0.15, 0.2) is 30.6 Å². The Bertz CT molecular complexity index is 1230. The van der Waals surface area contributed by atoms with E-state index >= 15 is 0 Å². The SMILES string of the molecule is CC1(C)Cc2c(sc3ncn4nc([C@H]5OCc6ccccc6O5)nc4c23)CO1. The number of aromatic nitrogens is 4. The van der Waals surface area contributed by atoms with Gasteiger partial charge in [-0.3, -0.25) is 0 Å². The highest BCUT2D eigenvalue weighted by molar-refractivity contribution is 7.19. The molecule has 0 bridgehead atoms. The molecule has 7 nitrogen and oxygen atoms in total. The molecular formula is C20H18N4O3S. The summed E-state index contributed by atoms with van der Waals surface area (Å²) in [6.45, 7) is 5.32. The summed E-state index contributed by atoms with van der Waals surface area (Å²) in [6.07, 6.45) is 1.91. The maximum Gasteiger partial charge on any atom is 0.263 e. The first-order valence-corrected chi connectivity index (χ1v) is 10.0. The summed E-state index contributed by atoms with van der Waals surface area (Å²) >= 11 is 1.67. The van der Waals surface area contributed by atoms with Crippen LogP contribution >= 0.6 is 11.3 Å². The van der Waals surface area contributed by atoms with E-state index in [1.165, 1.54) is 10.4 Å². The zero-order chi connectivity index (χ0) is 18.9. The molecular weight excluding hydrogens is 376 g/mol. The maximum absolute atomic E-state index is 5.99. The molecule has 142 valence electrons. The lowest BCUT2D eigenvalue weighted by atomic mass is 9.94. The predicted octanol–water partition coefficient (Wildman–Crippen LogP) is 3.80. The minimum atomic E-state index is -0.626. The summed E-state index contributed by atoms with van der Waals surface area (Å²) in [6, 6.07) is 7.87. The smallest absolute Gasteiger partial charge is 0.263 e. The lowest BCUT2D eigenvalue weighted by Crippen LogP contribution is -2.31. The van der Waals surface area contributed by atoms with E-state index in [0.29, 0.717) is 19.0 Å². The van der Waals surface area contributed by atoms with Gasteiger partial charge in [-0.1, -0.05) is 18.2 Å². The van der Waals surface area contributed by atoms with Gasteiger partial charge in [0.05, 0.1) is 24.2 Å². The Balaban J connectivity index is 1.47. The molecule has 1 atom stereocenters. The van der Waals surface area contributed by atoms with Gasteiger partial charge in [-0.25, -0.2) is 14.5 Å². The largest absolute Gasteiger partial charge is 0.457 e. The molecule has 0 amide bonds. The summed E-state index contributed by atoms with van der Waals surface area (Å²) in [5, 5.41) is 5.65. The Morgan fingerprint density at radius 2 is 2.11 bits per heavy atom. The molecule has 1 aromatic carbocycles. The summed E-state index contributed by atoms with van der Waals surface area (Å²) in [4.78, 5) is 11.6. The van der Waals surface area contributed by atoms with E-state index in [0.717, 1.165) is 33.6 Å². The topological polar surface area (TPSA) is 70.8 Å². The fourth-order valence-electron chi connectivity index (χ4n) is 3.84. The molecule has 0 N–H and O–H groups in total. The van der Waals surface area contributed by atoms with E-state index in [9.17, 15) is 0 Å². The van der Waals surface area contributed by atoms with Gasteiger partial charge < -0.3 is 14.2 Å². The Morgan fingerprint density at radius 1 is 1.21 bits per heavy atom. The Morgan fingerprint density at radius 3 is 3.04 bits per heavy atom. The van der Waals surface area contributed by atoms with Crippen molar-refractivity contribution < 1.29 is 14.2 Å². The van der Waals surface area contributed by atoms with E-state index < -0.39 is 6.29 Å². The van der Waals surface area contributed by atoms with Crippen LogP contribution < -0.4 is 4.74 Å². The summed E-state index contributed by atoms with van der Waals surface area (Å²) in [5.74, 6) is 1.32. The van der Waals surface area contributed by atoms with E-state index in [-0.39, 0.29) is 5.60 Å². The number of hydrogen-bond donors (Lipinski definition) is 0. The first-order chi connectivity index (χ1) is 13.6. The lowest BCUT2D eigenvalue weighted by Gasteiger charge is -2.30. The second kappa shape index (κ2) is 5.73. The minimum Gasteiger partial charge on any atom is -0.457 e. The third-order valence-electron chi connectivity index (χ3n) is 5.23. The van der Waals surface area contributed by atoms with Gasteiger partial charge >= 0.3 is 0 Å². The van der Waals surface area contributed by atoms with Crippen molar-refractivity contribution >= 4 is 27.2 Å². The highest BCUT2D eigenvalue weighted by atomic mass is 32.1. The molecule has 0 fully saturated rings. The number of nitrogens with zero attached hydrogens (tertiary/aromatic N) is 4. The first kappa shape index (κ1) is 16.4. The zero-order valence-corrected chi connectivity index (χ0v) is 16.3. The van der Waals surface area contributed by atoms with Crippen molar-refractivity contribution in [2.24, 2.45) is 0 Å². The van der Waals surface area contributed by atoms with Crippen molar-refractivity contribution in [1.82, 2.24) is 19.6 Å². The number of thiophene rings is 1. The molecule has 6 rings (SSSR count). The summed E-state index contributed by atoms with van der Waals surface area (Å²) < 4.78 is 19.5. The van der Waals surface area contributed by atoms with Gasteiger partial charge in [0.25, 0.3) is 6.29 Å². The molecule has 2 aliphatic rings. The molecule has 0 saturated heterocycles. The minimum absolute atomic E-state index is 0.198. The van der Waals surface area contributed by atoms with Crippen molar-refractivity contribution in [1.29, 1.82) is 0 Å². The number of para-hydroxylation sites is 1. The molecule has 28 heavy (non-hydrogen) atoms. The standard InChI is InChI=1S/C20H18N4O3S/c1-20(2)7-12-14(9-26-20)28-18-15(12)17-22-16(23-24(17)10-21-18)19-25-8-11-5-3-4-6-13(11)27-19/h3-6,10,19H,7-9H2,1-2H3/t19-/m0/s1. The van der Waals surface area contributed by atoms with Crippen molar-refractivity contribution in [3.05, 3.63) is 52.4 Å². The van der Waals surface area contributed by atoms with Gasteiger partial charge in [-0.2, -0.15) is 0 Å². The van der Waals surface area contributed by atoms with E-state index in [4.69, 9.17) is 19.2 Å². The summed E-state index contributed by atoms with van der Waals surface area (Å²) in [5.41, 5.74) is 2.89. The number of ether oxygens (including phenoxy) is 3. The Kier molecular flexibility index (Phi) is 3.36. The van der Waals surface area contributed by atoms with Crippen LogP contribution in [0.2, 0.25) is 0 Å². The lowest BCUT2D eigenvalue weighted by molar-refractivity contribution is -0.116. The third-order valence-corrected chi connectivity index (χ3v) is 6.35. The van der Waals surface area contributed by atoms with E-state index in [1.807, 2.05) is 24.3 Å². The van der Waals surface area contributed by atoms with E-state index in [1.54, 1.807) is 22.2 Å². The number of benzene rings is 1. The van der Waals surface area contributed by atoms with Gasteiger partial charge in [0.2, 0.25) is 5.82 Å². The van der Waals surface area contributed by atoms with Crippen LogP contribution in [0.4, 0.5) is 0 Å². The molecule has 3 aromatic heterocycles. The summed E-state index contributed by atoms with van der Waals surface area (Å²) in [7, 11) is 0. The molecule has 0 saturated carbocycles. The molecule has 0 spiro atoms. The molecule has 0 aliphatic carbocycles. The van der Waals surface area contributed by atoms with Crippen molar-refractivity contribution in [2.45, 2.75) is 45.4 Å². The van der Waals surface area contributed by atoms with Gasteiger partial charge in [-0.15, -0.1) is 16.4 Å². The van der Waals surface area contributed by atoms with Crippen LogP contribution in [0.3, 0.4) is 0 Å². The average Bonchev–Trinajstić information content (AvgIpc) is 3.27.